The highest BCUT2D eigenvalue weighted by molar-refractivity contribution is 5.31. The van der Waals surface area contributed by atoms with Crippen LogP contribution >= 0.6 is 0 Å². The lowest BCUT2D eigenvalue weighted by molar-refractivity contribution is 0.209. The zero-order valence-corrected chi connectivity index (χ0v) is 11.4. The highest BCUT2D eigenvalue weighted by atomic mass is 19.1. The van der Waals surface area contributed by atoms with Crippen LogP contribution in [0.4, 0.5) is 4.39 Å². The van der Waals surface area contributed by atoms with Crippen molar-refractivity contribution in [1.82, 2.24) is 5.32 Å². The Bertz CT molecular complexity index is 417. The van der Waals surface area contributed by atoms with Crippen LogP contribution in [0.2, 0.25) is 0 Å². The van der Waals surface area contributed by atoms with E-state index in [0.29, 0.717) is 12.1 Å². The Morgan fingerprint density at radius 2 is 2.11 bits per heavy atom. The SMILES string of the molecule is COc1cccc(CNC2(CCO)CCCC2)c1F. The lowest BCUT2D eigenvalue weighted by Crippen LogP contribution is -2.43. The van der Waals surface area contributed by atoms with E-state index in [0.717, 1.165) is 19.3 Å². The molecule has 19 heavy (non-hydrogen) atoms. The van der Waals surface area contributed by atoms with Gasteiger partial charge in [0.25, 0.3) is 0 Å². The molecule has 0 aliphatic heterocycles. The van der Waals surface area contributed by atoms with E-state index >= 15 is 0 Å². The molecule has 2 rings (SSSR count). The molecule has 1 aliphatic carbocycles. The molecule has 0 spiro atoms. The summed E-state index contributed by atoms with van der Waals surface area (Å²) in [4.78, 5) is 0. The third kappa shape index (κ3) is 3.25. The molecule has 1 aromatic carbocycles. The van der Waals surface area contributed by atoms with Crippen LogP contribution in [-0.2, 0) is 6.54 Å². The van der Waals surface area contributed by atoms with Gasteiger partial charge in [0.15, 0.2) is 11.6 Å². The first kappa shape index (κ1) is 14.3. The Hall–Kier alpha value is -1.13. The number of halogens is 1. The van der Waals surface area contributed by atoms with Crippen LogP contribution in [0.15, 0.2) is 18.2 Å². The van der Waals surface area contributed by atoms with Gasteiger partial charge in [0.2, 0.25) is 0 Å². The summed E-state index contributed by atoms with van der Waals surface area (Å²) >= 11 is 0. The summed E-state index contributed by atoms with van der Waals surface area (Å²) in [6.45, 7) is 0.649. The molecule has 3 nitrogen and oxygen atoms in total. The van der Waals surface area contributed by atoms with Gasteiger partial charge in [0.1, 0.15) is 0 Å². The van der Waals surface area contributed by atoms with E-state index in [1.807, 2.05) is 0 Å². The van der Waals surface area contributed by atoms with Gasteiger partial charge in [-0.2, -0.15) is 0 Å². The fourth-order valence-electron chi connectivity index (χ4n) is 2.91. The molecule has 0 unspecified atom stereocenters. The van der Waals surface area contributed by atoms with E-state index in [-0.39, 0.29) is 23.7 Å². The summed E-state index contributed by atoms with van der Waals surface area (Å²) in [5, 5.41) is 12.6. The summed E-state index contributed by atoms with van der Waals surface area (Å²) in [5.74, 6) is -0.0171. The van der Waals surface area contributed by atoms with E-state index in [1.54, 1.807) is 18.2 Å². The summed E-state index contributed by atoms with van der Waals surface area (Å²) in [5.41, 5.74) is 0.591. The van der Waals surface area contributed by atoms with E-state index in [1.165, 1.54) is 20.0 Å². The molecule has 0 bridgehead atoms. The van der Waals surface area contributed by atoms with Crippen molar-refractivity contribution in [2.75, 3.05) is 13.7 Å². The van der Waals surface area contributed by atoms with Crippen LogP contribution < -0.4 is 10.1 Å². The van der Waals surface area contributed by atoms with Crippen molar-refractivity contribution in [3.8, 4) is 5.75 Å². The lowest BCUT2D eigenvalue weighted by Gasteiger charge is -2.30. The number of aliphatic hydroxyl groups excluding tert-OH is 1. The maximum atomic E-state index is 14.0. The second-order valence-corrected chi connectivity index (χ2v) is 5.25. The van der Waals surface area contributed by atoms with Gasteiger partial charge in [-0.15, -0.1) is 0 Å². The van der Waals surface area contributed by atoms with Gasteiger partial charge < -0.3 is 15.2 Å². The van der Waals surface area contributed by atoms with E-state index < -0.39 is 0 Å². The fourth-order valence-corrected chi connectivity index (χ4v) is 2.91. The Balaban J connectivity index is 2.05. The zero-order valence-electron chi connectivity index (χ0n) is 11.4. The average Bonchev–Trinajstić information content (AvgIpc) is 2.87. The summed E-state index contributed by atoms with van der Waals surface area (Å²) in [6.07, 6.45) is 5.19. The molecule has 2 N–H and O–H groups in total. The number of hydrogen-bond acceptors (Lipinski definition) is 3. The van der Waals surface area contributed by atoms with Crippen LogP contribution in [0.5, 0.6) is 5.75 Å². The van der Waals surface area contributed by atoms with Crippen molar-refractivity contribution in [2.45, 2.75) is 44.2 Å². The molecule has 1 aliphatic rings. The molecule has 1 saturated carbocycles. The van der Waals surface area contributed by atoms with Crippen LogP contribution in [-0.4, -0.2) is 24.4 Å². The first-order valence-corrected chi connectivity index (χ1v) is 6.88. The van der Waals surface area contributed by atoms with Crippen molar-refractivity contribution >= 4 is 0 Å². The number of benzene rings is 1. The first-order chi connectivity index (χ1) is 9.21. The Labute approximate surface area is 113 Å². The van der Waals surface area contributed by atoms with Crippen LogP contribution in [0.25, 0.3) is 0 Å². The number of aliphatic hydroxyl groups is 1. The zero-order chi connectivity index (χ0) is 13.7. The van der Waals surface area contributed by atoms with Gasteiger partial charge >= 0.3 is 0 Å². The minimum atomic E-state index is -0.297. The molecular formula is C15H22FNO2. The first-order valence-electron chi connectivity index (χ1n) is 6.88. The standard InChI is InChI=1S/C15H22FNO2/c1-19-13-6-4-5-12(14(13)16)11-17-15(9-10-18)7-2-3-8-15/h4-6,17-18H,2-3,7-11H2,1H3. The molecule has 106 valence electrons. The number of rotatable bonds is 6. The predicted molar refractivity (Wildman–Crippen MR) is 72.7 cm³/mol. The molecule has 0 radical (unpaired) electrons. The molecule has 0 heterocycles. The molecule has 0 atom stereocenters. The van der Waals surface area contributed by atoms with Crippen LogP contribution in [0, 0.1) is 5.82 Å². The van der Waals surface area contributed by atoms with E-state index in [9.17, 15) is 9.50 Å². The van der Waals surface area contributed by atoms with Crippen molar-refractivity contribution < 1.29 is 14.2 Å². The number of nitrogens with one attached hydrogen (secondary N) is 1. The highest BCUT2D eigenvalue weighted by Crippen LogP contribution is 2.33. The molecule has 4 heteroatoms. The monoisotopic (exact) mass is 267 g/mol. The largest absolute Gasteiger partial charge is 0.494 e. The minimum absolute atomic E-state index is 0.0235. The summed E-state index contributed by atoms with van der Waals surface area (Å²) in [7, 11) is 1.47. The summed E-state index contributed by atoms with van der Waals surface area (Å²) in [6, 6.07) is 5.19. The van der Waals surface area contributed by atoms with E-state index in [2.05, 4.69) is 5.32 Å². The molecular weight excluding hydrogens is 245 g/mol. The van der Waals surface area contributed by atoms with Gasteiger partial charge in [0.05, 0.1) is 7.11 Å². The van der Waals surface area contributed by atoms with Crippen LogP contribution in [0.1, 0.15) is 37.7 Å². The second-order valence-electron chi connectivity index (χ2n) is 5.25. The van der Waals surface area contributed by atoms with Gasteiger partial charge in [-0.3, -0.25) is 0 Å². The molecule has 1 aromatic rings. The fraction of sp³-hybridized carbons (Fsp3) is 0.600. The maximum absolute atomic E-state index is 14.0. The Kier molecular flexibility index (Phi) is 4.77. The van der Waals surface area contributed by atoms with Crippen molar-refractivity contribution in [1.29, 1.82) is 0 Å². The number of ether oxygens (including phenoxy) is 1. The van der Waals surface area contributed by atoms with Gasteiger partial charge in [0, 0.05) is 24.3 Å². The van der Waals surface area contributed by atoms with Crippen molar-refractivity contribution in [2.24, 2.45) is 0 Å². The van der Waals surface area contributed by atoms with Crippen LogP contribution in [0.3, 0.4) is 0 Å². The third-order valence-electron chi connectivity index (χ3n) is 4.07. The van der Waals surface area contributed by atoms with E-state index in [4.69, 9.17) is 4.74 Å². The van der Waals surface area contributed by atoms with Gasteiger partial charge in [-0.25, -0.2) is 4.39 Å². The number of methoxy groups -OCH3 is 1. The van der Waals surface area contributed by atoms with Crippen molar-refractivity contribution in [3.05, 3.63) is 29.6 Å². The third-order valence-corrected chi connectivity index (χ3v) is 4.07. The second kappa shape index (κ2) is 6.35. The maximum Gasteiger partial charge on any atom is 0.169 e. The quantitative estimate of drug-likeness (QED) is 0.832. The van der Waals surface area contributed by atoms with Gasteiger partial charge in [-0.1, -0.05) is 25.0 Å². The highest BCUT2D eigenvalue weighted by Gasteiger charge is 2.32. The molecule has 0 saturated heterocycles. The molecule has 1 fully saturated rings. The molecule has 0 aromatic heterocycles. The predicted octanol–water partition coefficient (Wildman–Crippen LogP) is 2.62. The Morgan fingerprint density at radius 1 is 1.37 bits per heavy atom. The summed E-state index contributed by atoms with van der Waals surface area (Å²) < 4.78 is 19.0. The Morgan fingerprint density at radius 3 is 2.74 bits per heavy atom. The molecule has 0 amide bonds. The topological polar surface area (TPSA) is 41.5 Å². The minimum Gasteiger partial charge on any atom is -0.494 e. The van der Waals surface area contributed by atoms with Gasteiger partial charge in [-0.05, 0) is 25.3 Å². The lowest BCUT2D eigenvalue weighted by atomic mass is 9.93. The number of hydrogen-bond donors (Lipinski definition) is 2. The normalized spacial score (nSPS) is 17.6. The average molecular weight is 267 g/mol. The smallest absolute Gasteiger partial charge is 0.169 e. The van der Waals surface area contributed by atoms with Crippen molar-refractivity contribution in [3.63, 3.8) is 0 Å².